The van der Waals surface area contributed by atoms with Crippen LogP contribution in [0.5, 0.6) is 5.75 Å². The van der Waals surface area contributed by atoms with Crippen molar-refractivity contribution in [3.05, 3.63) is 30.1 Å². The van der Waals surface area contributed by atoms with Crippen LogP contribution in [0.2, 0.25) is 0 Å². The lowest BCUT2D eigenvalue weighted by atomic mass is 10.1. The van der Waals surface area contributed by atoms with E-state index in [1.807, 2.05) is 0 Å². The number of carbonyl (C=O) groups is 1. The molecule has 0 unspecified atom stereocenters. The fourth-order valence-corrected chi connectivity index (χ4v) is 4.13. The molecule has 1 saturated carbocycles. The number of nitrogens with zero attached hydrogens (tertiary/aromatic N) is 2. The minimum absolute atomic E-state index is 0.0893. The number of hydrogen-bond donors (Lipinski definition) is 2. The van der Waals surface area contributed by atoms with Crippen LogP contribution in [0.15, 0.2) is 24.3 Å². The third kappa shape index (κ3) is 5.17. The summed E-state index contributed by atoms with van der Waals surface area (Å²) in [4.78, 5) is 17.0. The fourth-order valence-electron chi connectivity index (χ4n) is 4.13. The predicted molar refractivity (Wildman–Crippen MR) is 99.5 cm³/mol. The van der Waals surface area contributed by atoms with Crippen LogP contribution in [0.1, 0.15) is 38.5 Å². The summed E-state index contributed by atoms with van der Waals surface area (Å²) >= 11 is 0. The number of halogens is 1. The van der Waals surface area contributed by atoms with Crippen molar-refractivity contribution in [1.82, 2.24) is 15.1 Å². The first kappa shape index (κ1) is 19.1. The second kappa shape index (κ2) is 9.33. The lowest BCUT2D eigenvalue weighted by molar-refractivity contribution is -0.135. The number of rotatable bonds is 2. The normalized spacial score (nSPS) is 24.3. The minimum atomic E-state index is -0.331. The molecule has 144 valence electrons. The molecule has 1 atom stereocenters. The maximum atomic E-state index is 12.3. The molecule has 0 aromatic heterocycles. The number of phenols is 1. The lowest BCUT2D eigenvalue weighted by Crippen LogP contribution is -2.54. The molecule has 2 N–H and O–H groups in total. The largest absolute Gasteiger partial charge is 0.508 e. The molecule has 5 nitrogen and oxygen atoms in total. The van der Waals surface area contributed by atoms with Gasteiger partial charge in [0, 0.05) is 32.2 Å². The van der Waals surface area contributed by atoms with Gasteiger partial charge in [0.15, 0.2) is 0 Å². The van der Waals surface area contributed by atoms with Gasteiger partial charge in [-0.25, -0.2) is 4.39 Å². The van der Waals surface area contributed by atoms with Crippen molar-refractivity contribution in [2.45, 2.75) is 50.6 Å². The summed E-state index contributed by atoms with van der Waals surface area (Å²) in [5.41, 5.74) is 0. The van der Waals surface area contributed by atoms with E-state index in [1.54, 1.807) is 0 Å². The summed E-state index contributed by atoms with van der Waals surface area (Å²) in [6.07, 6.45) is 7.72. The van der Waals surface area contributed by atoms with Crippen LogP contribution >= 0.6 is 0 Å². The highest BCUT2D eigenvalue weighted by Crippen LogP contribution is 2.24. The molecule has 2 aliphatic heterocycles. The summed E-state index contributed by atoms with van der Waals surface area (Å²) in [5.74, 6) is 0.104. The molecule has 3 aliphatic rings. The molecule has 1 aliphatic carbocycles. The molecule has 4 rings (SSSR count). The van der Waals surface area contributed by atoms with Crippen LogP contribution in [0.4, 0.5) is 4.39 Å². The van der Waals surface area contributed by atoms with Crippen LogP contribution < -0.4 is 5.32 Å². The molecular formula is C20H30FN3O2. The molecule has 0 radical (unpaired) electrons. The van der Waals surface area contributed by atoms with Crippen LogP contribution in [0.25, 0.3) is 0 Å². The number of carbonyl (C=O) groups excluding carboxylic acids is 1. The number of nitrogens with one attached hydrogen (secondary N) is 1. The van der Waals surface area contributed by atoms with E-state index >= 15 is 0 Å². The van der Waals surface area contributed by atoms with Gasteiger partial charge in [-0.1, -0.05) is 12.8 Å². The monoisotopic (exact) mass is 363 g/mol. The Hall–Kier alpha value is -1.66. The average Bonchev–Trinajstić information content (AvgIpc) is 3.38. The zero-order valence-corrected chi connectivity index (χ0v) is 15.4. The second-order valence-corrected chi connectivity index (χ2v) is 7.42. The topological polar surface area (TPSA) is 55.8 Å². The summed E-state index contributed by atoms with van der Waals surface area (Å²) in [7, 11) is 0. The minimum Gasteiger partial charge on any atom is -0.508 e. The Balaban J connectivity index is 0.000000206. The molecule has 2 heterocycles. The molecule has 0 spiro atoms. The van der Waals surface area contributed by atoms with E-state index in [-0.39, 0.29) is 17.6 Å². The molecule has 1 amide bonds. The first-order valence-electron chi connectivity index (χ1n) is 9.84. The molecule has 26 heavy (non-hydrogen) atoms. The first-order valence-corrected chi connectivity index (χ1v) is 9.84. The highest BCUT2D eigenvalue weighted by atomic mass is 19.1. The third-order valence-electron chi connectivity index (χ3n) is 5.65. The van der Waals surface area contributed by atoms with E-state index in [1.165, 1.54) is 49.9 Å². The van der Waals surface area contributed by atoms with Crippen molar-refractivity contribution in [2.24, 2.45) is 0 Å². The van der Waals surface area contributed by atoms with Crippen molar-refractivity contribution >= 4 is 5.91 Å². The van der Waals surface area contributed by atoms with E-state index in [2.05, 4.69) is 15.1 Å². The molecule has 2 saturated heterocycles. The van der Waals surface area contributed by atoms with Crippen molar-refractivity contribution < 1.29 is 14.3 Å². The van der Waals surface area contributed by atoms with Gasteiger partial charge < -0.3 is 15.3 Å². The van der Waals surface area contributed by atoms with Crippen LogP contribution in [-0.4, -0.2) is 65.6 Å². The maximum absolute atomic E-state index is 12.3. The summed E-state index contributed by atoms with van der Waals surface area (Å²) in [6, 6.07) is 5.94. The Bertz CT molecular complexity index is 540. The standard InChI is InChI=1S/C14H25N3O.C6H5FO/c18-14(13-6-3-7-15-13)17-10-8-16(9-11-17)12-4-1-2-5-12;7-5-1-3-6(8)4-2-5/h12-13,15H,1-11H2;1-4,8H/t13-;/m1./s1. The van der Waals surface area contributed by atoms with Gasteiger partial charge in [0.25, 0.3) is 0 Å². The number of piperazine rings is 1. The molecule has 1 aromatic rings. The smallest absolute Gasteiger partial charge is 0.239 e. The maximum Gasteiger partial charge on any atom is 0.239 e. The van der Waals surface area contributed by atoms with Crippen molar-refractivity contribution in [3.63, 3.8) is 0 Å². The highest BCUT2D eigenvalue weighted by molar-refractivity contribution is 5.82. The Morgan fingerprint density at radius 1 is 1.00 bits per heavy atom. The second-order valence-electron chi connectivity index (χ2n) is 7.42. The number of benzene rings is 1. The van der Waals surface area contributed by atoms with E-state index in [0.717, 1.165) is 51.6 Å². The van der Waals surface area contributed by atoms with Crippen molar-refractivity contribution in [2.75, 3.05) is 32.7 Å². The molecule has 6 heteroatoms. The van der Waals surface area contributed by atoms with Crippen molar-refractivity contribution in [1.29, 1.82) is 0 Å². The molecule has 1 aromatic carbocycles. The summed E-state index contributed by atoms with van der Waals surface area (Å²) in [6.45, 7) is 5.06. The molecule has 0 bridgehead atoms. The fraction of sp³-hybridized carbons (Fsp3) is 0.650. The van der Waals surface area contributed by atoms with Gasteiger partial charge in [-0.3, -0.25) is 9.69 Å². The van der Waals surface area contributed by atoms with Gasteiger partial charge in [-0.05, 0) is 56.5 Å². The number of phenolic OH excluding ortho intramolecular Hbond substituents is 1. The first-order chi connectivity index (χ1) is 12.6. The number of hydrogen-bond acceptors (Lipinski definition) is 4. The summed E-state index contributed by atoms with van der Waals surface area (Å²) in [5, 5.41) is 11.9. The number of amides is 1. The van der Waals surface area contributed by atoms with E-state index < -0.39 is 0 Å². The van der Waals surface area contributed by atoms with E-state index in [0.29, 0.717) is 5.91 Å². The third-order valence-corrected chi connectivity index (χ3v) is 5.65. The SMILES string of the molecule is O=C([C@H]1CCCN1)N1CCN(C2CCCC2)CC1.Oc1ccc(F)cc1. The lowest BCUT2D eigenvalue weighted by Gasteiger charge is -2.38. The Kier molecular flexibility index (Phi) is 6.86. The Morgan fingerprint density at radius 3 is 2.19 bits per heavy atom. The average molecular weight is 363 g/mol. The van der Waals surface area contributed by atoms with Crippen LogP contribution in [0.3, 0.4) is 0 Å². The van der Waals surface area contributed by atoms with Gasteiger partial charge in [-0.2, -0.15) is 0 Å². The van der Waals surface area contributed by atoms with Gasteiger partial charge >= 0.3 is 0 Å². The number of aromatic hydroxyl groups is 1. The van der Waals surface area contributed by atoms with Gasteiger partial charge in [-0.15, -0.1) is 0 Å². The van der Waals surface area contributed by atoms with Gasteiger partial charge in [0.2, 0.25) is 5.91 Å². The van der Waals surface area contributed by atoms with E-state index in [9.17, 15) is 9.18 Å². The summed E-state index contributed by atoms with van der Waals surface area (Å²) < 4.78 is 12.0. The molecular weight excluding hydrogens is 333 g/mol. The van der Waals surface area contributed by atoms with Gasteiger partial charge in [0.05, 0.1) is 6.04 Å². The highest BCUT2D eigenvalue weighted by Gasteiger charge is 2.31. The quantitative estimate of drug-likeness (QED) is 0.847. The Morgan fingerprint density at radius 2 is 1.65 bits per heavy atom. The zero-order chi connectivity index (χ0) is 18.4. The molecule has 3 fully saturated rings. The van der Waals surface area contributed by atoms with Crippen LogP contribution in [-0.2, 0) is 4.79 Å². The van der Waals surface area contributed by atoms with Gasteiger partial charge in [0.1, 0.15) is 11.6 Å². The predicted octanol–water partition coefficient (Wildman–Crippen LogP) is 2.36. The van der Waals surface area contributed by atoms with E-state index in [4.69, 9.17) is 5.11 Å². The van der Waals surface area contributed by atoms with Crippen LogP contribution in [0, 0.1) is 5.82 Å². The Labute approximate surface area is 155 Å². The van der Waals surface area contributed by atoms with Crippen molar-refractivity contribution in [3.8, 4) is 5.75 Å². The zero-order valence-electron chi connectivity index (χ0n) is 15.4.